The number of benzene rings is 2. The molecule has 132 valence electrons. The summed E-state index contributed by atoms with van der Waals surface area (Å²) >= 11 is 0. The van der Waals surface area contributed by atoms with Crippen LogP contribution in [0.15, 0.2) is 54.1 Å². The Balaban J connectivity index is 1.69. The molecule has 0 aliphatic heterocycles. The molecule has 1 N–H and O–H groups in total. The van der Waals surface area contributed by atoms with Gasteiger partial charge in [-0.15, -0.1) is 0 Å². The molecule has 0 saturated heterocycles. The van der Waals surface area contributed by atoms with E-state index in [9.17, 15) is 4.79 Å². The minimum absolute atomic E-state index is 0.316. The molecule has 1 aliphatic carbocycles. The van der Waals surface area contributed by atoms with Gasteiger partial charge in [-0.1, -0.05) is 36.1 Å². The van der Waals surface area contributed by atoms with Crippen molar-refractivity contribution >= 4 is 12.0 Å². The number of carbonyl (C=O) groups is 1. The van der Waals surface area contributed by atoms with Crippen LogP contribution in [0.25, 0.3) is 6.08 Å². The molecule has 2 aromatic carbocycles. The summed E-state index contributed by atoms with van der Waals surface area (Å²) in [5.74, 6) is 5.50. The van der Waals surface area contributed by atoms with Gasteiger partial charge in [-0.3, -0.25) is 4.90 Å². The second-order valence-corrected chi connectivity index (χ2v) is 6.85. The van der Waals surface area contributed by atoms with Crippen molar-refractivity contribution < 1.29 is 9.90 Å². The molecule has 1 aliphatic rings. The number of rotatable bonds is 5. The number of nitrogens with zero attached hydrogens (tertiary/aromatic N) is 1. The normalized spacial score (nSPS) is 14.0. The van der Waals surface area contributed by atoms with Crippen LogP contribution in [-0.2, 0) is 11.3 Å². The van der Waals surface area contributed by atoms with Gasteiger partial charge in [0.15, 0.2) is 0 Å². The Morgan fingerprint density at radius 1 is 1.15 bits per heavy atom. The van der Waals surface area contributed by atoms with E-state index in [4.69, 9.17) is 5.11 Å². The maximum atomic E-state index is 10.9. The van der Waals surface area contributed by atoms with E-state index in [0.29, 0.717) is 5.57 Å². The zero-order chi connectivity index (χ0) is 18.5. The van der Waals surface area contributed by atoms with Gasteiger partial charge in [0.1, 0.15) is 0 Å². The van der Waals surface area contributed by atoms with E-state index in [2.05, 4.69) is 42.0 Å². The minimum Gasteiger partial charge on any atom is -0.478 e. The quantitative estimate of drug-likeness (QED) is 0.653. The van der Waals surface area contributed by atoms with Gasteiger partial charge in [-0.25, -0.2) is 4.79 Å². The molecule has 0 aromatic heterocycles. The van der Waals surface area contributed by atoms with Crippen LogP contribution in [0.2, 0.25) is 0 Å². The summed E-state index contributed by atoms with van der Waals surface area (Å²) in [4.78, 5) is 13.3. The fourth-order valence-corrected chi connectivity index (χ4v) is 2.80. The summed E-state index contributed by atoms with van der Waals surface area (Å²) in [6, 6.07) is 16.7. The molecule has 0 unspecified atom stereocenters. The Kier molecular flexibility index (Phi) is 5.55. The van der Waals surface area contributed by atoms with Crippen LogP contribution in [-0.4, -0.2) is 29.1 Å². The lowest BCUT2D eigenvalue weighted by atomic mass is 10.1. The lowest BCUT2D eigenvalue weighted by Crippen LogP contribution is -2.19. The highest BCUT2D eigenvalue weighted by molar-refractivity contribution is 5.91. The van der Waals surface area contributed by atoms with Crippen molar-refractivity contribution in [2.45, 2.75) is 32.4 Å². The molecule has 0 atom stereocenters. The van der Waals surface area contributed by atoms with E-state index in [0.717, 1.165) is 29.3 Å². The molecule has 0 amide bonds. The average Bonchev–Trinajstić information content (AvgIpc) is 3.46. The van der Waals surface area contributed by atoms with Crippen LogP contribution >= 0.6 is 0 Å². The monoisotopic (exact) mass is 345 g/mol. The highest BCUT2D eigenvalue weighted by Gasteiger charge is 2.25. The molecule has 0 bridgehead atoms. The largest absolute Gasteiger partial charge is 0.478 e. The minimum atomic E-state index is -0.902. The first-order valence-corrected chi connectivity index (χ1v) is 8.84. The van der Waals surface area contributed by atoms with Crippen molar-refractivity contribution in [3.05, 3.63) is 76.4 Å². The van der Waals surface area contributed by atoms with E-state index in [1.54, 1.807) is 13.0 Å². The third-order valence-corrected chi connectivity index (χ3v) is 4.51. The van der Waals surface area contributed by atoms with Crippen molar-refractivity contribution in [1.29, 1.82) is 0 Å². The van der Waals surface area contributed by atoms with Crippen molar-refractivity contribution in [3.63, 3.8) is 0 Å². The van der Waals surface area contributed by atoms with Gasteiger partial charge in [0.2, 0.25) is 0 Å². The Morgan fingerprint density at radius 3 is 2.50 bits per heavy atom. The molecule has 0 heterocycles. The van der Waals surface area contributed by atoms with Gasteiger partial charge in [0.25, 0.3) is 0 Å². The molecule has 26 heavy (non-hydrogen) atoms. The molecule has 2 aromatic rings. The first-order valence-electron chi connectivity index (χ1n) is 8.84. The number of hydrogen-bond acceptors (Lipinski definition) is 2. The molecule has 0 radical (unpaired) electrons. The molecule has 3 heteroatoms. The van der Waals surface area contributed by atoms with E-state index in [1.165, 1.54) is 18.4 Å². The van der Waals surface area contributed by atoms with Gasteiger partial charge < -0.3 is 5.11 Å². The standard InChI is InChI=1S/C23H23NO2/c1-17(23(25)26)14-20-10-7-18(8-11-20)6-9-19-4-3-5-21(15-19)16-24(2)22-12-13-22/h3-5,7-8,10-11,14-15,22H,12-13,16H2,1-2H3,(H,25,26)/b17-14+. The van der Waals surface area contributed by atoms with Crippen molar-refractivity contribution in [2.75, 3.05) is 7.05 Å². The van der Waals surface area contributed by atoms with Crippen LogP contribution in [0.3, 0.4) is 0 Å². The topological polar surface area (TPSA) is 40.5 Å². The summed E-state index contributed by atoms with van der Waals surface area (Å²) in [5, 5.41) is 8.93. The lowest BCUT2D eigenvalue weighted by Gasteiger charge is -2.15. The number of carboxylic acids is 1. The summed E-state index contributed by atoms with van der Waals surface area (Å²) in [6.07, 6.45) is 4.28. The fraction of sp³-hybridized carbons (Fsp3) is 0.261. The highest BCUT2D eigenvalue weighted by atomic mass is 16.4. The van der Waals surface area contributed by atoms with Gasteiger partial charge in [-0.05, 0) is 68.3 Å². The van der Waals surface area contributed by atoms with Crippen molar-refractivity contribution in [3.8, 4) is 11.8 Å². The summed E-state index contributed by atoms with van der Waals surface area (Å²) in [5.41, 5.74) is 4.39. The van der Waals surface area contributed by atoms with E-state index >= 15 is 0 Å². The Hall–Kier alpha value is -2.83. The molecule has 0 spiro atoms. The second kappa shape index (κ2) is 8.03. The molecule has 3 rings (SSSR count). The predicted octanol–water partition coefficient (Wildman–Crippen LogP) is 4.17. The molecule has 1 saturated carbocycles. The Labute approximate surface area is 155 Å². The van der Waals surface area contributed by atoms with Crippen LogP contribution in [0, 0.1) is 11.8 Å². The number of hydrogen-bond donors (Lipinski definition) is 1. The lowest BCUT2D eigenvalue weighted by molar-refractivity contribution is -0.132. The van der Waals surface area contributed by atoms with Crippen molar-refractivity contribution in [1.82, 2.24) is 4.90 Å². The van der Waals surface area contributed by atoms with Crippen LogP contribution in [0.4, 0.5) is 0 Å². The van der Waals surface area contributed by atoms with Gasteiger partial charge >= 0.3 is 5.97 Å². The first kappa shape index (κ1) is 18.0. The van der Waals surface area contributed by atoms with Gasteiger partial charge in [-0.2, -0.15) is 0 Å². The summed E-state index contributed by atoms with van der Waals surface area (Å²) in [6.45, 7) is 2.55. The molecule has 1 fully saturated rings. The van der Waals surface area contributed by atoms with Crippen molar-refractivity contribution in [2.24, 2.45) is 0 Å². The van der Waals surface area contributed by atoms with Crippen LogP contribution in [0.5, 0.6) is 0 Å². The number of aliphatic carboxylic acids is 1. The first-order chi connectivity index (χ1) is 12.5. The van der Waals surface area contributed by atoms with Gasteiger partial charge in [0, 0.05) is 29.3 Å². The SMILES string of the molecule is C/C(=C\c1ccc(C#Cc2cccc(CN(C)C3CC3)c2)cc1)C(=O)O. The molecular weight excluding hydrogens is 322 g/mol. The second-order valence-electron chi connectivity index (χ2n) is 6.85. The van der Waals surface area contributed by atoms with Crippen LogP contribution in [0.1, 0.15) is 42.0 Å². The van der Waals surface area contributed by atoms with Crippen LogP contribution < -0.4 is 0 Å². The Bertz CT molecular complexity index is 880. The zero-order valence-electron chi connectivity index (χ0n) is 15.2. The van der Waals surface area contributed by atoms with E-state index in [1.807, 2.05) is 30.3 Å². The zero-order valence-corrected chi connectivity index (χ0v) is 15.2. The van der Waals surface area contributed by atoms with E-state index in [-0.39, 0.29) is 0 Å². The third kappa shape index (κ3) is 5.08. The fourth-order valence-electron chi connectivity index (χ4n) is 2.80. The maximum absolute atomic E-state index is 10.9. The number of carboxylic acid groups (broad SMARTS) is 1. The molecule has 3 nitrogen and oxygen atoms in total. The van der Waals surface area contributed by atoms with Gasteiger partial charge in [0.05, 0.1) is 0 Å². The Morgan fingerprint density at radius 2 is 1.85 bits per heavy atom. The average molecular weight is 345 g/mol. The summed E-state index contributed by atoms with van der Waals surface area (Å²) in [7, 11) is 2.18. The van der Waals surface area contributed by atoms with E-state index < -0.39 is 5.97 Å². The third-order valence-electron chi connectivity index (χ3n) is 4.51. The predicted molar refractivity (Wildman–Crippen MR) is 105 cm³/mol. The maximum Gasteiger partial charge on any atom is 0.331 e. The molecular formula is C23H23NO2. The summed E-state index contributed by atoms with van der Waals surface area (Å²) < 4.78 is 0. The smallest absolute Gasteiger partial charge is 0.331 e. The highest BCUT2D eigenvalue weighted by Crippen LogP contribution is 2.26.